The maximum atomic E-state index is 11.0. The summed E-state index contributed by atoms with van der Waals surface area (Å²) in [5.74, 6) is 0.374. The van der Waals surface area contributed by atoms with Crippen LogP contribution >= 0.6 is 11.6 Å². The van der Waals surface area contributed by atoms with Crippen LogP contribution in [-0.4, -0.2) is 29.7 Å². The Morgan fingerprint density at radius 3 is 2.22 bits per heavy atom. The molecule has 0 radical (unpaired) electrons. The first-order valence-electron chi connectivity index (χ1n) is 6.70. The average Bonchev–Trinajstić information content (AvgIpc) is 2.55. The van der Waals surface area contributed by atoms with Gasteiger partial charge in [0, 0.05) is 5.56 Å². The molecule has 0 fully saturated rings. The van der Waals surface area contributed by atoms with E-state index in [1.165, 1.54) is 24.3 Å². The van der Waals surface area contributed by atoms with Gasteiger partial charge in [0.05, 0.1) is 0 Å². The first kappa shape index (κ1) is 17.3. The Hall–Kier alpha value is -2.05. The zero-order valence-electron chi connectivity index (χ0n) is 12.1. The van der Waals surface area contributed by atoms with Gasteiger partial charge in [-0.3, -0.25) is 4.79 Å². The van der Waals surface area contributed by atoms with Crippen LogP contribution < -0.4 is 10.1 Å². The maximum absolute atomic E-state index is 11.0. The van der Waals surface area contributed by atoms with Crippen molar-refractivity contribution < 1.29 is 24.1 Å². The monoisotopic (exact) mass is 330 g/mol. The Balaban J connectivity index is 1.94. The Kier molecular flexibility index (Phi) is 6.01. The minimum atomic E-state index is -1.66. The van der Waals surface area contributed by atoms with Gasteiger partial charge in [-0.1, -0.05) is 49.1 Å². The van der Waals surface area contributed by atoms with Gasteiger partial charge in [0.1, 0.15) is 5.75 Å². The summed E-state index contributed by atoms with van der Waals surface area (Å²) in [5.41, 5.74) is 1.54. The molecule has 0 saturated carbocycles. The van der Waals surface area contributed by atoms with Crippen LogP contribution in [0.15, 0.2) is 55.1 Å². The topological polar surface area (TPSA) is 76.0 Å². The van der Waals surface area contributed by atoms with Crippen LogP contribution in [0.4, 0.5) is 0 Å². The van der Waals surface area contributed by atoms with E-state index < -0.39 is 19.7 Å². The highest BCUT2D eigenvalue weighted by atomic mass is 35.5. The van der Waals surface area contributed by atoms with Gasteiger partial charge < -0.3 is 19.3 Å². The van der Waals surface area contributed by atoms with Crippen LogP contribution in [0.1, 0.15) is 15.9 Å². The van der Waals surface area contributed by atoms with Crippen molar-refractivity contribution in [1.82, 2.24) is 0 Å². The van der Waals surface area contributed by atoms with Crippen LogP contribution in [0.3, 0.4) is 0 Å². The fourth-order valence-corrected chi connectivity index (χ4v) is 1.92. The predicted molar refractivity (Wildman–Crippen MR) is 90.5 cm³/mol. The summed E-state index contributed by atoms with van der Waals surface area (Å²) in [6.45, 7) is 3.63. The highest BCUT2D eigenvalue weighted by molar-refractivity contribution is 6.68. The summed E-state index contributed by atoms with van der Waals surface area (Å²) in [5, 5.41) is 19.0. The number of benzene rings is 2. The van der Waals surface area contributed by atoms with Crippen molar-refractivity contribution in [2.24, 2.45) is 0 Å². The fourth-order valence-electron chi connectivity index (χ4n) is 1.79. The summed E-state index contributed by atoms with van der Waals surface area (Å²) in [6.07, 6.45) is 1.68. The lowest BCUT2D eigenvalue weighted by Gasteiger charge is -2.13. The van der Waals surface area contributed by atoms with E-state index in [0.717, 1.165) is 5.56 Å². The molecule has 2 rings (SSSR count). The second kappa shape index (κ2) is 7.99. The van der Waals surface area contributed by atoms with Gasteiger partial charge in [-0.05, 0) is 34.8 Å². The third-order valence-electron chi connectivity index (χ3n) is 3.02. The van der Waals surface area contributed by atoms with Gasteiger partial charge in [-0.2, -0.15) is 0 Å². The molecule has 0 bridgehead atoms. The van der Waals surface area contributed by atoms with E-state index in [4.69, 9.17) is 20.8 Å². The Bertz CT molecular complexity index is 675. The van der Waals surface area contributed by atoms with E-state index in [9.17, 15) is 14.8 Å². The second-order valence-corrected chi connectivity index (χ2v) is 4.93. The number of carbonyl (C=O) groups excluding carboxylic acids is 1. The summed E-state index contributed by atoms with van der Waals surface area (Å²) >= 11 is 5.33. The van der Waals surface area contributed by atoms with Gasteiger partial charge in [-0.25, -0.2) is 0 Å². The Morgan fingerprint density at radius 2 is 1.70 bits per heavy atom. The van der Waals surface area contributed by atoms with Crippen molar-refractivity contribution in [3.05, 3.63) is 66.2 Å². The largest absolute Gasteiger partial charge is 0.696 e. The molecule has 0 spiro atoms. The minimum Gasteiger partial charge on any atom is -0.513 e. The molecule has 2 N–H and O–H groups in total. The number of rotatable bonds is 7. The standard InChI is InChI=1S/C15H13B2ClO5/c1-2-11-3-9-14(10-4-11)22-17(21)23-16(20)13-7-5-12(6-8-13)15(18)19/h2-10,20-21H,1H2. The van der Waals surface area contributed by atoms with Gasteiger partial charge in [0.25, 0.3) is 5.24 Å². The lowest BCUT2D eigenvalue weighted by Crippen LogP contribution is -2.42. The Labute approximate surface area is 139 Å². The highest BCUT2D eigenvalue weighted by Gasteiger charge is 2.28. The van der Waals surface area contributed by atoms with E-state index in [1.807, 2.05) is 0 Å². The first-order chi connectivity index (χ1) is 11.0. The number of carbonyl (C=O) groups is 1. The lowest BCUT2D eigenvalue weighted by atomic mass is 9.77. The van der Waals surface area contributed by atoms with Gasteiger partial charge in [0.2, 0.25) is 0 Å². The van der Waals surface area contributed by atoms with E-state index in [0.29, 0.717) is 16.8 Å². The first-order valence-corrected chi connectivity index (χ1v) is 7.08. The molecule has 0 amide bonds. The number of hydrogen-bond donors (Lipinski definition) is 2. The molecule has 0 aromatic heterocycles. The quantitative estimate of drug-likeness (QED) is 0.594. The van der Waals surface area contributed by atoms with Crippen molar-refractivity contribution in [3.63, 3.8) is 0 Å². The summed E-state index contributed by atoms with van der Waals surface area (Å²) in [7, 11) is -3.08. The lowest BCUT2D eigenvalue weighted by molar-refractivity contribution is 0.108. The second-order valence-electron chi connectivity index (χ2n) is 4.58. The fraction of sp³-hybridized carbons (Fsp3) is 0. The van der Waals surface area contributed by atoms with Crippen molar-refractivity contribution in [1.29, 1.82) is 0 Å². The van der Waals surface area contributed by atoms with E-state index in [-0.39, 0.29) is 0 Å². The molecule has 2 aromatic rings. The van der Waals surface area contributed by atoms with E-state index in [2.05, 4.69) is 6.58 Å². The molecule has 8 heteroatoms. The summed E-state index contributed by atoms with van der Waals surface area (Å²) in [6, 6.07) is 12.6. The van der Waals surface area contributed by atoms with Crippen LogP contribution in [-0.2, 0) is 4.57 Å². The van der Waals surface area contributed by atoms with Crippen molar-refractivity contribution in [2.45, 2.75) is 0 Å². The van der Waals surface area contributed by atoms with E-state index in [1.54, 1.807) is 30.3 Å². The highest BCUT2D eigenvalue weighted by Crippen LogP contribution is 2.13. The molecule has 0 saturated heterocycles. The van der Waals surface area contributed by atoms with Crippen LogP contribution in [0, 0.1) is 0 Å². The van der Waals surface area contributed by atoms with Gasteiger partial charge in [0.15, 0.2) is 0 Å². The van der Waals surface area contributed by atoms with Crippen molar-refractivity contribution in [3.8, 4) is 5.75 Å². The molecule has 0 aliphatic heterocycles. The van der Waals surface area contributed by atoms with Crippen molar-refractivity contribution >= 4 is 42.8 Å². The Morgan fingerprint density at radius 1 is 1.09 bits per heavy atom. The van der Waals surface area contributed by atoms with Gasteiger partial charge in [-0.15, -0.1) is 0 Å². The molecule has 23 heavy (non-hydrogen) atoms. The zero-order valence-corrected chi connectivity index (χ0v) is 12.8. The molecule has 0 heterocycles. The summed E-state index contributed by atoms with van der Waals surface area (Å²) in [4.78, 5) is 11.0. The summed E-state index contributed by atoms with van der Waals surface area (Å²) < 4.78 is 10.1. The van der Waals surface area contributed by atoms with E-state index >= 15 is 0 Å². The predicted octanol–water partition coefficient (Wildman–Crippen LogP) is 1.47. The SMILES string of the molecule is C=Cc1ccc(OB(O)OB(O)c2ccc(C(=O)Cl)cc2)cc1. The molecule has 0 unspecified atom stereocenters. The average molecular weight is 330 g/mol. The number of hydrogen-bond acceptors (Lipinski definition) is 5. The van der Waals surface area contributed by atoms with Crippen LogP contribution in [0.2, 0.25) is 0 Å². The zero-order chi connectivity index (χ0) is 16.8. The van der Waals surface area contributed by atoms with Gasteiger partial charge >= 0.3 is 14.4 Å². The normalized spacial score (nSPS) is 10.0. The molecular formula is C15H13B2ClO5. The molecule has 5 nitrogen and oxygen atoms in total. The maximum Gasteiger partial charge on any atom is 0.696 e. The molecule has 2 aromatic carbocycles. The smallest absolute Gasteiger partial charge is 0.513 e. The molecule has 0 aliphatic rings. The number of halogens is 1. The van der Waals surface area contributed by atoms with Crippen molar-refractivity contribution in [2.75, 3.05) is 0 Å². The molecule has 116 valence electrons. The van der Waals surface area contributed by atoms with Crippen LogP contribution in [0.25, 0.3) is 6.08 Å². The molecular weight excluding hydrogens is 317 g/mol. The minimum absolute atomic E-state index is 0.293. The third kappa shape index (κ3) is 4.97. The van der Waals surface area contributed by atoms with Crippen LogP contribution in [0.5, 0.6) is 5.75 Å². The molecule has 0 atom stereocenters. The molecule has 0 aliphatic carbocycles. The third-order valence-corrected chi connectivity index (χ3v) is 3.24.